The molecule has 1 N–H and O–H groups in total. The van der Waals surface area contributed by atoms with Gasteiger partial charge < -0.3 is 14.9 Å². The second-order valence-electron chi connectivity index (χ2n) is 7.65. The number of carboxylic acids is 1. The van der Waals surface area contributed by atoms with Crippen LogP contribution in [0.4, 0.5) is 24.9 Å². The van der Waals surface area contributed by atoms with Gasteiger partial charge in [0.25, 0.3) is 0 Å². The zero-order valence-corrected chi connectivity index (χ0v) is 15.1. The lowest BCUT2D eigenvalue weighted by atomic mass is 10.1. The quantitative estimate of drug-likeness (QED) is 0.848. The zero-order valence-electron chi connectivity index (χ0n) is 15.1. The second kappa shape index (κ2) is 6.22. The van der Waals surface area contributed by atoms with Gasteiger partial charge in [-0.05, 0) is 26.7 Å². The van der Waals surface area contributed by atoms with E-state index in [9.17, 15) is 23.1 Å². The normalized spacial score (nSPS) is 29.1. The standard InChI is InChI=1S/C17H22F3N5O2/c1-9-3-4-23(9)16-21-13(17(18,19)20)6-14(22-16)25-8-11-5-12(25)7-24(11)10(2)15(26)27/h6,9-12H,3-5,7-8H2,1-2H3,(H,26,27)/t9?,10?,11-,12-/m0/s1. The summed E-state index contributed by atoms with van der Waals surface area (Å²) in [5.74, 6) is -0.483. The lowest BCUT2D eigenvalue weighted by Crippen LogP contribution is -2.52. The van der Waals surface area contributed by atoms with Crippen LogP contribution < -0.4 is 9.80 Å². The monoisotopic (exact) mass is 385 g/mol. The molecule has 3 saturated heterocycles. The van der Waals surface area contributed by atoms with Gasteiger partial charge in [-0.1, -0.05) is 0 Å². The van der Waals surface area contributed by atoms with Crippen molar-refractivity contribution in [2.45, 2.75) is 57.0 Å². The van der Waals surface area contributed by atoms with E-state index >= 15 is 0 Å². The smallest absolute Gasteiger partial charge is 0.433 e. The van der Waals surface area contributed by atoms with Crippen LogP contribution in [0, 0.1) is 0 Å². The minimum Gasteiger partial charge on any atom is -0.480 e. The SMILES string of the molecule is CC1CCN1c1nc(N2C[C@@H]3C[C@H]2CN3C(C)C(=O)O)cc(C(F)(F)F)n1. The third-order valence-corrected chi connectivity index (χ3v) is 6.00. The number of aromatic nitrogens is 2. The minimum atomic E-state index is -4.54. The number of hydrogen-bond acceptors (Lipinski definition) is 6. The molecule has 0 spiro atoms. The zero-order chi connectivity index (χ0) is 19.5. The van der Waals surface area contributed by atoms with Crippen molar-refractivity contribution < 1.29 is 23.1 Å². The number of alkyl halides is 3. The molecule has 4 rings (SSSR count). The Hall–Kier alpha value is -2.10. The first-order chi connectivity index (χ1) is 12.6. The molecule has 10 heteroatoms. The molecule has 0 radical (unpaired) electrons. The first-order valence-electron chi connectivity index (χ1n) is 9.13. The molecule has 0 amide bonds. The Kier molecular flexibility index (Phi) is 4.21. The number of hydrogen-bond donors (Lipinski definition) is 1. The highest BCUT2D eigenvalue weighted by molar-refractivity contribution is 5.73. The average molecular weight is 385 g/mol. The summed E-state index contributed by atoms with van der Waals surface area (Å²) in [5.41, 5.74) is -0.930. The summed E-state index contributed by atoms with van der Waals surface area (Å²) in [6, 6.07) is 0.518. The van der Waals surface area contributed by atoms with Crippen molar-refractivity contribution >= 4 is 17.7 Å². The van der Waals surface area contributed by atoms with Crippen molar-refractivity contribution in [3.05, 3.63) is 11.8 Å². The van der Waals surface area contributed by atoms with Gasteiger partial charge in [0.15, 0.2) is 5.69 Å². The van der Waals surface area contributed by atoms with Gasteiger partial charge in [0.1, 0.15) is 11.9 Å². The number of aliphatic carboxylic acids is 1. The van der Waals surface area contributed by atoms with Crippen molar-refractivity contribution in [3.63, 3.8) is 0 Å². The van der Waals surface area contributed by atoms with E-state index in [0.29, 0.717) is 19.6 Å². The van der Waals surface area contributed by atoms with E-state index in [0.717, 1.165) is 18.9 Å². The van der Waals surface area contributed by atoms with Crippen LogP contribution in [0.1, 0.15) is 32.4 Å². The maximum Gasteiger partial charge on any atom is 0.433 e. The molecular formula is C17H22F3N5O2. The van der Waals surface area contributed by atoms with Crippen molar-refractivity contribution in [2.24, 2.45) is 0 Å². The average Bonchev–Trinajstić information content (AvgIpc) is 3.19. The number of anilines is 2. The van der Waals surface area contributed by atoms with Crippen LogP contribution in [0.15, 0.2) is 6.07 Å². The molecule has 7 nitrogen and oxygen atoms in total. The first-order valence-corrected chi connectivity index (χ1v) is 9.13. The minimum absolute atomic E-state index is 0.0109. The van der Waals surface area contributed by atoms with Crippen LogP contribution >= 0.6 is 0 Å². The molecule has 4 atom stereocenters. The molecule has 148 valence electrons. The van der Waals surface area contributed by atoms with E-state index in [1.165, 1.54) is 0 Å². The van der Waals surface area contributed by atoms with Gasteiger partial charge >= 0.3 is 12.1 Å². The van der Waals surface area contributed by atoms with E-state index < -0.39 is 23.9 Å². The topological polar surface area (TPSA) is 72.8 Å². The molecule has 3 fully saturated rings. The highest BCUT2D eigenvalue weighted by Gasteiger charge is 2.47. The number of rotatable bonds is 4. The Morgan fingerprint density at radius 3 is 2.48 bits per heavy atom. The summed E-state index contributed by atoms with van der Waals surface area (Å²) in [5, 5.41) is 9.23. The van der Waals surface area contributed by atoms with E-state index in [1.807, 2.05) is 16.7 Å². The van der Waals surface area contributed by atoms with Crippen LogP contribution in [-0.2, 0) is 11.0 Å². The number of piperazine rings is 1. The van der Waals surface area contributed by atoms with Gasteiger partial charge in [-0.25, -0.2) is 4.98 Å². The third kappa shape index (κ3) is 3.09. The van der Waals surface area contributed by atoms with Gasteiger partial charge in [0.2, 0.25) is 5.95 Å². The molecule has 4 heterocycles. The van der Waals surface area contributed by atoms with Crippen LogP contribution in [0.2, 0.25) is 0 Å². The molecule has 1 aromatic rings. The van der Waals surface area contributed by atoms with E-state index in [-0.39, 0.29) is 29.9 Å². The highest BCUT2D eigenvalue weighted by atomic mass is 19.4. The van der Waals surface area contributed by atoms with E-state index in [2.05, 4.69) is 9.97 Å². The molecule has 3 aliphatic heterocycles. The Morgan fingerprint density at radius 2 is 2.00 bits per heavy atom. The maximum absolute atomic E-state index is 13.4. The highest BCUT2D eigenvalue weighted by Crippen LogP contribution is 2.38. The fourth-order valence-electron chi connectivity index (χ4n) is 4.25. The van der Waals surface area contributed by atoms with Crippen LogP contribution in [0.25, 0.3) is 0 Å². The van der Waals surface area contributed by atoms with E-state index in [1.54, 1.807) is 11.8 Å². The maximum atomic E-state index is 13.4. The number of carboxylic acid groups (broad SMARTS) is 1. The van der Waals surface area contributed by atoms with Crippen molar-refractivity contribution in [1.29, 1.82) is 0 Å². The Labute approximate surface area is 154 Å². The molecule has 2 unspecified atom stereocenters. The van der Waals surface area contributed by atoms with E-state index in [4.69, 9.17) is 0 Å². The Morgan fingerprint density at radius 1 is 1.26 bits per heavy atom. The molecular weight excluding hydrogens is 363 g/mol. The lowest BCUT2D eigenvalue weighted by molar-refractivity contribution is -0.143. The summed E-state index contributed by atoms with van der Waals surface area (Å²) in [6.07, 6.45) is -2.90. The molecule has 0 aromatic carbocycles. The number of halogens is 3. The van der Waals surface area contributed by atoms with Gasteiger partial charge in [-0.15, -0.1) is 0 Å². The summed E-state index contributed by atoms with van der Waals surface area (Å²) in [4.78, 5) is 25.0. The summed E-state index contributed by atoms with van der Waals surface area (Å²) in [6.45, 7) is 5.22. The fraction of sp³-hybridized carbons (Fsp3) is 0.706. The Bertz CT molecular complexity index is 759. The largest absolute Gasteiger partial charge is 0.480 e. The molecule has 0 saturated carbocycles. The van der Waals surface area contributed by atoms with Gasteiger partial charge in [0.05, 0.1) is 0 Å². The third-order valence-electron chi connectivity index (χ3n) is 6.00. The summed E-state index contributed by atoms with van der Waals surface area (Å²) in [7, 11) is 0. The number of fused-ring (bicyclic) bond motifs is 2. The van der Waals surface area contributed by atoms with Crippen LogP contribution in [0.3, 0.4) is 0 Å². The fourth-order valence-corrected chi connectivity index (χ4v) is 4.25. The van der Waals surface area contributed by atoms with Crippen molar-refractivity contribution in [2.75, 3.05) is 29.4 Å². The number of nitrogens with zero attached hydrogens (tertiary/aromatic N) is 5. The second-order valence-corrected chi connectivity index (χ2v) is 7.65. The summed E-state index contributed by atoms with van der Waals surface area (Å²) < 4.78 is 40.1. The Balaban J connectivity index is 1.61. The lowest BCUT2D eigenvalue weighted by Gasteiger charge is -2.40. The molecule has 1 aromatic heterocycles. The molecule has 0 aliphatic carbocycles. The predicted molar refractivity (Wildman–Crippen MR) is 91.8 cm³/mol. The number of likely N-dealkylation sites (tertiary alicyclic amines) is 1. The predicted octanol–water partition coefficient (Wildman–Crippen LogP) is 1.83. The van der Waals surface area contributed by atoms with Gasteiger partial charge in [0, 0.05) is 43.8 Å². The number of carbonyl (C=O) groups is 1. The van der Waals surface area contributed by atoms with Crippen molar-refractivity contribution in [1.82, 2.24) is 14.9 Å². The van der Waals surface area contributed by atoms with Crippen molar-refractivity contribution in [3.8, 4) is 0 Å². The van der Waals surface area contributed by atoms with Gasteiger partial charge in [-0.3, -0.25) is 9.69 Å². The molecule has 2 bridgehead atoms. The molecule has 3 aliphatic rings. The van der Waals surface area contributed by atoms with Crippen LogP contribution in [0.5, 0.6) is 0 Å². The van der Waals surface area contributed by atoms with Crippen LogP contribution in [-0.4, -0.2) is 69.7 Å². The first kappa shape index (κ1) is 18.3. The molecule has 27 heavy (non-hydrogen) atoms. The van der Waals surface area contributed by atoms with Gasteiger partial charge in [-0.2, -0.15) is 18.2 Å². The summed E-state index contributed by atoms with van der Waals surface area (Å²) >= 11 is 0.